The first-order chi connectivity index (χ1) is 9.12. The largest absolute Gasteiger partial charge is 0.316 e. The van der Waals surface area contributed by atoms with E-state index in [2.05, 4.69) is 22.8 Å². The number of nitrogens with zero attached hydrogens (tertiary/aromatic N) is 1. The summed E-state index contributed by atoms with van der Waals surface area (Å²) in [7, 11) is 3.41. The molecule has 0 atom stereocenters. The van der Waals surface area contributed by atoms with Crippen LogP contribution in [0.25, 0.3) is 0 Å². The molecule has 0 aliphatic carbocycles. The monoisotopic (exact) mass is 260 g/mol. The third-order valence-corrected chi connectivity index (χ3v) is 2.38. The van der Waals surface area contributed by atoms with Gasteiger partial charge in [0.05, 0.1) is 0 Å². The molecule has 0 radical (unpaired) electrons. The molecule has 0 amide bonds. The minimum absolute atomic E-state index is 0.307. The Morgan fingerprint density at radius 1 is 1.53 bits per heavy atom. The Labute approximate surface area is 115 Å². The first-order valence-corrected chi connectivity index (χ1v) is 6.03. The predicted octanol–water partition coefficient (Wildman–Crippen LogP) is 3.21. The molecule has 0 fully saturated rings. The van der Waals surface area contributed by atoms with Crippen LogP contribution in [0.15, 0.2) is 52.3 Å². The van der Waals surface area contributed by atoms with Crippen LogP contribution in [-0.4, -0.2) is 26.9 Å². The molecule has 0 heterocycles. The molecular formula is C16H21FN2. The van der Waals surface area contributed by atoms with Crippen molar-refractivity contribution in [2.24, 2.45) is 4.99 Å². The lowest BCUT2D eigenvalue weighted by atomic mass is 9.98. The number of hydrogen-bond donors (Lipinski definition) is 1. The number of rotatable bonds is 7. The molecule has 1 N–H and O–H groups in total. The van der Waals surface area contributed by atoms with Crippen molar-refractivity contribution < 1.29 is 4.39 Å². The summed E-state index contributed by atoms with van der Waals surface area (Å²) in [6, 6.07) is 0. The molecule has 102 valence electrons. The highest BCUT2D eigenvalue weighted by atomic mass is 19.1. The number of terminal acetylenes is 1. The zero-order valence-corrected chi connectivity index (χ0v) is 11.8. The normalized spacial score (nSPS) is 13.7. The van der Waals surface area contributed by atoms with Crippen molar-refractivity contribution in [2.45, 2.75) is 13.3 Å². The van der Waals surface area contributed by atoms with E-state index in [1.54, 1.807) is 33.3 Å². The summed E-state index contributed by atoms with van der Waals surface area (Å²) in [6.45, 7) is 6.10. The second-order valence-corrected chi connectivity index (χ2v) is 3.79. The number of hydrogen-bond acceptors (Lipinski definition) is 2. The van der Waals surface area contributed by atoms with Crippen molar-refractivity contribution in [3.05, 3.63) is 47.4 Å². The standard InChI is InChI=1S/C16H21FN2/c1-6-8-10-14(11-18-4)13(3)15(12-19-5)16(17)9-7-2/h1,7,9-11,19H,3,8,12H2,2,4-5H3/b9-7-,14-10+,16-15+,18-11-. The fourth-order valence-electron chi connectivity index (χ4n) is 1.49. The van der Waals surface area contributed by atoms with E-state index in [4.69, 9.17) is 6.42 Å². The van der Waals surface area contributed by atoms with Gasteiger partial charge < -0.3 is 5.32 Å². The van der Waals surface area contributed by atoms with E-state index in [1.807, 2.05) is 6.08 Å². The van der Waals surface area contributed by atoms with Gasteiger partial charge in [-0.2, -0.15) is 0 Å². The molecule has 0 saturated heterocycles. The molecular weight excluding hydrogens is 239 g/mol. The SMILES string of the molecule is C#CC/C=C(\C=N/C)C(=C)/C(CNC)=C(F)\C=C/C. The molecule has 0 aromatic rings. The number of allylic oxidation sites excluding steroid dienone is 5. The van der Waals surface area contributed by atoms with Crippen LogP contribution in [0.4, 0.5) is 4.39 Å². The maximum Gasteiger partial charge on any atom is 0.127 e. The summed E-state index contributed by atoms with van der Waals surface area (Å²) < 4.78 is 14.0. The highest BCUT2D eigenvalue weighted by molar-refractivity contribution is 5.86. The Balaban J connectivity index is 5.51. The third kappa shape index (κ3) is 5.98. The Morgan fingerprint density at radius 2 is 2.21 bits per heavy atom. The van der Waals surface area contributed by atoms with Crippen molar-refractivity contribution >= 4 is 6.21 Å². The first kappa shape index (κ1) is 17.1. The summed E-state index contributed by atoms with van der Waals surface area (Å²) >= 11 is 0. The topological polar surface area (TPSA) is 24.4 Å². The minimum atomic E-state index is -0.307. The maximum absolute atomic E-state index is 14.0. The fraction of sp³-hybridized carbons (Fsp3) is 0.312. The highest BCUT2D eigenvalue weighted by Crippen LogP contribution is 2.21. The van der Waals surface area contributed by atoms with Crippen LogP contribution in [0.2, 0.25) is 0 Å². The van der Waals surface area contributed by atoms with E-state index in [0.29, 0.717) is 24.1 Å². The number of halogens is 1. The minimum Gasteiger partial charge on any atom is -0.316 e. The van der Waals surface area contributed by atoms with Gasteiger partial charge in [0.25, 0.3) is 0 Å². The molecule has 0 spiro atoms. The van der Waals surface area contributed by atoms with Gasteiger partial charge in [0.15, 0.2) is 0 Å². The highest BCUT2D eigenvalue weighted by Gasteiger charge is 2.11. The van der Waals surface area contributed by atoms with Crippen LogP contribution < -0.4 is 5.32 Å². The molecule has 0 bridgehead atoms. The zero-order chi connectivity index (χ0) is 14.7. The van der Waals surface area contributed by atoms with E-state index in [1.165, 1.54) is 6.08 Å². The lowest BCUT2D eigenvalue weighted by molar-refractivity contribution is 0.647. The summed E-state index contributed by atoms with van der Waals surface area (Å²) in [5.41, 5.74) is 1.83. The fourth-order valence-corrected chi connectivity index (χ4v) is 1.49. The third-order valence-electron chi connectivity index (χ3n) is 2.38. The second kappa shape index (κ2) is 10.0. The van der Waals surface area contributed by atoms with Crippen molar-refractivity contribution in [3.63, 3.8) is 0 Å². The molecule has 0 aliphatic heterocycles. The summed E-state index contributed by atoms with van der Waals surface area (Å²) in [5.74, 6) is 2.21. The number of nitrogens with one attached hydrogen (secondary N) is 1. The van der Waals surface area contributed by atoms with Gasteiger partial charge in [-0.05, 0) is 31.2 Å². The molecule has 3 heteroatoms. The smallest absolute Gasteiger partial charge is 0.127 e. The Bertz CT molecular complexity index is 460. The van der Waals surface area contributed by atoms with Crippen LogP contribution in [-0.2, 0) is 0 Å². The Hall–Kier alpha value is -1.92. The molecule has 2 nitrogen and oxygen atoms in total. The first-order valence-electron chi connectivity index (χ1n) is 6.03. The summed E-state index contributed by atoms with van der Waals surface area (Å²) in [4.78, 5) is 3.95. The van der Waals surface area contributed by atoms with Gasteiger partial charge in [0, 0.05) is 31.8 Å². The van der Waals surface area contributed by atoms with Gasteiger partial charge in [0.1, 0.15) is 5.83 Å². The van der Waals surface area contributed by atoms with Crippen molar-refractivity contribution in [3.8, 4) is 12.3 Å². The van der Waals surface area contributed by atoms with Crippen LogP contribution in [0.5, 0.6) is 0 Å². The molecule has 19 heavy (non-hydrogen) atoms. The molecule has 0 aromatic heterocycles. The van der Waals surface area contributed by atoms with E-state index in [0.717, 1.165) is 5.57 Å². The van der Waals surface area contributed by atoms with Crippen molar-refractivity contribution in [1.82, 2.24) is 5.32 Å². The van der Waals surface area contributed by atoms with E-state index < -0.39 is 0 Å². The van der Waals surface area contributed by atoms with Gasteiger partial charge in [0.2, 0.25) is 0 Å². The lowest BCUT2D eigenvalue weighted by Gasteiger charge is -2.12. The zero-order valence-electron chi connectivity index (χ0n) is 11.8. The summed E-state index contributed by atoms with van der Waals surface area (Å²) in [6.07, 6.45) is 12.2. The maximum atomic E-state index is 14.0. The van der Waals surface area contributed by atoms with E-state index >= 15 is 0 Å². The van der Waals surface area contributed by atoms with Gasteiger partial charge in [-0.15, -0.1) is 12.3 Å². The quantitative estimate of drug-likeness (QED) is 0.424. The van der Waals surface area contributed by atoms with Gasteiger partial charge in [-0.1, -0.05) is 18.7 Å². The van der Waals surface area contributed by atoms with Crippen LogP contribution in [0.1, 0.15) is 13.3 Å². The van der Waals surface area contributed by atoms with Gasteiger partial charge >= 0.3 is 0 Å². The lowest BCUT2D eigenvalue weighted by Crippen LogP contribution is -2.14. The Kier molecular flexibility index (Phi) is 9.03. The van der Waals surface area contributed by atoms with E-state index in [9.17, 15) is 4.39 Å². The molecule has 0 rings (SSSR count). The molecule has 0 aromatic carbocycles. The Morgan fingerprint density at radius 3 is 2.68 bits per heavy atom. The van der Waals surface area contributed by atoms with Crippen molar-refractivity contribution in [2.75, 3.05) is 20.6 Å². The number of aliphatic imine (C=N–C) groups is 1. The predicted molar refractivity (Wildman–Crippen MR) is 82.0 cm³/mol. The second-order valence-electron chi connectivity index (χ2n) is 3.79. The van der Waals surface area contributed by atoms with Gasteiger partial charge in [-0.25, -0.2) is 4.39 Å². The van der Waals surface area contributed by atoms with Gasteiger partial charge in [-0.3, -0.25) is 4.99 Å². The van der Waals surface area contributed by atoms with Crippen LogP contribution >= 0.6 is 0 Å². The average Bonchev–Trinajstić information content (AvgIpc) is 2.40. The van der Waals surface area contributed by atoms with Crippen LogP contribution in [0.3, 0.4) is 0 Å². The molecule has 0 aliphatic rings. The summed E-state index contributed by atoms with van der Waals surface area (Å²) in [5, 5.41) is 2.94. The molecule has 0 unspecified atom stereocenters. The van der Waals surface area contributed by atoms with E-state index in [-0.39, 0.29) is 5.83 Å². The van der Waals surface area contributed by atoms with Crippen molar-refractivity contribution in [1.29, 1.82) is 0 Å². The van der Waals surface area contributed by atoms with Crippen LogP contribution in [0, 0.1) is 12.3 Å². The average molecular weight is 260 g/mol. The molecule has 0 saturated carbocycles. The number of likely N-dealkylation sites (N-methyl/N-ethyl adjacent to an activating group) is 1.